The molecule has 1 atom stereocenters. The van der Waals surface area contributed by atoms with Gasteiger partial charge in [-0.3, -0.25) is 4.79 Å². The van der Waals surface area contributed by atoms with E-state index in [1.165, 1.54) is 0 Å². The fraction of sp³-hybridized carbons (Fsp3) is 0.533. The van der Waals surface area contributed by atoms with E-state index in [1.54, 1.807) is 46.1 Å². The van der Waals surface area contributed by atoms with Crippen LogP contribution >= 0.6 is 0 Å². The first kappa shape index (κ1) is 18.6. The van der Waals surface area contributed by atoms with Crippen molar-refractivity contribution >= 4 is 21.6 Å². The highest BCUT2D eigenvalue weighted by molar-refractivity contribution is 7.88. The Morgan fingerprint density at radius 1 is 1.32 bits per heavy atom. The third kappa shape index (κ3) is 6.13. The summed E-state index contributed by atoms with van der Waals surface area (Å²) in [5, 5.41) is 2.75. The van der Waals surface area contributed by atoms with Crippen LogP contribution in [0.15, 0.2) is 24.3 Å². The van der Waals surface area contributed by atoms with Gasteiger partial charge in [-0.25, -0.2) is 13.1 Å². The molecule has 22 heavy (non-hydrogen) atoms. The van der Waals surface area contributed by atoms with E-state index in [0.29, 0.717) is 12.3 Å². The zero-order valence-electron chi connectivity index (χ0n) is 13.6. The Morgan fingerprint density at radius 2 is 1.95 bits per heavy atom. The lowest BCUT2D eigenvalue weighted by Crippen LogP contribution is -2.51. The Hall–Kier alpha value is -1.44. The third-order valence-corrected chi connectivity index (χ3v) is 3.63. The molecule has 1 aromatic rings. The molecule has 0 spiro atoms. The second-order valence-corrected chi connectivity index (χ2v) is 8.09. The molecule has 0 saturated heterocycles. The maximum absolute atomic E-state index is 12.4. The lowest BCUT2D eigenvalue weighted by Gasteiger charge is -2.29. The third-order valence-electron chi connectivity index (χ3n) is 2.97. The second kappa shape index (κ2) is 7.21. The number of amides is 1. The normalized spacial score (nSPS) is 13.7. The molecule has 6 nitrogen and oxygen atoms in total. The lowest BCUT2D eigenvalue weighted by molar-refractivity contribution is -0.119. The Balaban J connectivity index is 2.94. The van der Waals surface area contributed by atoms with Crippen LogP contribution in [-0.2, 0) is 26.2 Å². The molecule has 0 heterocycles. The van der Waals surface area contributed by atoms with Gasteiger partial charge in [-0.05, 0) is 23.1 Å². The summed E-state index contributed by atoms with van der Waals surface area (Å²) in [7, 11) is -1.90. The van der Waals surface area contributed by atoms with E-state index in [1.807, 2.05) is 6.07 Å². The molecule has 0 bridgehead atoms. The molecule has 2 N–H and O–H groups in total. The maximum Gasteiger partial charge on any atom is 0.243 e. The van der Waals surface area contributed by atoms with Gasteiger partial charge in [-0.15, -0.1) is 0 Å². The molecular weight excluding hydrogens is 304 g/mol. The first-order valence-corrected chi connectivity index (χ1v) is 8.78. The van der Waals surface area contributed by atoms with Gasteiger partial charge in [0.2, 0.25) is 15.9 Å². The van der Waals surface area contributed by atoms with Crippen LogP contribution in [0, 0.1) is 5.41 Å². The average molecular weight is 328 g/mol. The van der Waals surface area contributed by atoms with Gasteiger partial charge < -0.3 is 10.1 Å². The van der Waals surface area contributed by atoms with Crippen molar-refractivity contribution in [1.29, 1.82) is 0 Å². The van der Waals surface area contributed by atoms with Gasteiger partial charge in [0.1, 0.15) is 6.04 Å². The molecule has 0 unspecified atom stereocenters. The van der Waals surface area contributed by atoms with E-state index in [9.17, 15) is 13.2 Å². The number of carbonyl (C=O) groups excluding carboxylic acids is 1. The number of nitrogens with one attached hydrogen (secondary N) is 2. The number of hydrogen-bond donors (Lipinski definition) is 2. The van der Waals surface area contributed by atoms with Crippen molar-refractivity contribution in [3.63, 3.8) is 0 Å². The largest absolute Gasteiger partial charge is 0.380 e. The van der Waals surface area contributed by atoms with Crippen LogP contribution in [-0.4, -0.2) is 33.7 Å². The predicted molar refractivity (Wildman–Crippen MR) is 87.0 cm³/mol. The van der Waals surface area contributed by atoms with Crippen LogP contribution in [0.5, 0.6) is 0 Å². The van der Waals surface area contributed by atoms with E-state index in [2.05, 4.69) is 10.0 Å². The maximum atomic E-state index is 12.4. The van der Waals surface area contributed by atoms with E-state index >= 15 is 0 Å². The number of carbonyl (C=O) groups is 1. The van der Waals surface area contributed by atoms with Crippen LogP contribution in [0.3, 0.4) is 0 Å². The van der Waals surface area contributed by atoms with Crippen LogP contribution in [0.25, 0.3) is 0 Å². The average Bonchev–Trinajstić information content (AvgIpc) is 2.34. The van der Waals surface area contributed by atoms with E-state index in [-0.39, 0.29) is 0 Å². The molecule has 1 amide bonds. The minimum Gasteiger partial charge on any atom is -0.380 e. The van der Waals surface area contributed by atoms with Crippen molar-refractivity contribution in [2.75, 3.05) is 18.7 Å². The van der Waals surface area contributed by atoms with E-state index in [4.69, 9.17) is 4.74 Å². The fourth-order valence-electron chi connectivity index (χ4n) is 1.96. The molecule has 7 heteroatoms. The number of anilines is 1. The monoisotopic (exact) mass is 328 g/mol. The van der Waals surface area contributed by atoms with Crippen LogP contribution in [0.4, 0.5) is 5.69 Å². The van der Waals surface area contributed by atoms with Gasteiger partial charge >= 0.3 is 0 Å². The Bertz CT molecular complexity index is 621. The predicted octanol–water partition coefficient (Wildman–Crippen LogP) is 1.74. The van der Waals surface area contributed by atoms with Crippen LogP contribution in [0.2, 0.25) is 0 Å². The Kier molecular flexibility index (Phi) is 6.10. The number of benzene rings is 1. The van der Waals surface area contributed by atoms with Crippen LogP contribution < -0.4 is 10.0 Å². The van der Waals surface area contributed by atoms with Crippen molar-refractivity contribution in [3.8, 4) is 0 Å². The molecule has 1 aromatic carbocycles. The first-order valence-electron chi connectivity index (χ1n) is 6.89. The van der Waals surface area contributed by atoms with Crippen molar-refractivity contribution in [1.82, 2.24) is 4.72 Å². The molecule has 0 aliphatic carbocycles. The van der Waals surface area contributed by atoms with Gasteiger partial charge in [0.05, 0.1) is 12.9 Å². The molecule has 0 aromatic heterocycles. The van der Waals surface area contributed by atoms with Gasteiger partial charge in [-0.2, -0.15) is 0 Å². The summed E-state index contributed by atoms with van der Waals surface area (Å²) in [6.07, 6.45) is 1.04. The molecule has 0 saturated carbocycles. The SMILES string of the molecule is COCc1cccc(NC(=O)[C@H](NS(C)(=O)=O)C(C)(C)C)c1. The van der Waals surface area contributed by atoms with Gasteiger partial charge in [-0.1, -0.05) is 32.9 Å². The zero-order chi connectivity index (χ0) is 17.0. The van der Waals surface area contributed by atoms with Gasteiger partial charge in [0.25, 0.3) is 0 Å². The lowest BCUT2D eigenvalue weighted by atomic mass is 9.87. The second-order valence-electron chi connectivity index (χ2n) is 6.31. The quantitative estimate of drug-likeness (QED) is 0.833. The summed E-state index contributed by atoms with van der Waals surface area (Å²) >= 11 is 0. The Morgan fingerprint density at radius 3 is 2.45 bits per heavy atom. The highest BCUT2D eigenvalue weighted by Gasteiger charge is 2.33. The first-order chi connectivity index (χ1) is 10.0. The summed E-state index contributed by atoms with van der Waals surface area (Å²) in [4.78, 5) is 12.4. The Labute approximate surface area is 132 Å². The molecular formula is C15H24N2O4S. The van der Waals surface area contributed by atoms with Gasteiger partial charge in [0.15, 0.2) is 0 Å². The highest BCUT2D eigenvalue weighted by Crippen LogP contribution is 2.22. The molecule has 124 valence electrons. The van der Waals surface area contributed by atoms with Crippen molar-refractivity contribution in [2.45, 2.75) is 33.4 Å². The summed E-state index contributed by atoms with van der Waals surface area (Å²) in [6.45, 7) is 5.85. The molecule has 1 rings (SSSR count). The number of ether oxygens (including phenoxy) is 1. The number of rotatable bonds is 6. The summed E-state index contributed by atoms with van der Waals surface area (Å²) in [5.74, 6) is -0.396. The summed E-state index contributed by atoms with van der Waals surface area (Å²) in [5.41, 5.74) is 0.963. The molecule has 0 radical (unpaired) electrons. The number of hydrogen-bond acceptors (Lipinski definition) is 4. The molecule has 0 fully saturated rings. The number of methoxy groups -OCH3 is 1. The van der Waals surface area contributed by atoms with Crippen molar-refractivity contribution in [3.05, 3.63) is 29.8 Å². The van der Waals surface area contributed by atoms with Gasteiger partial charge in [0, 0.05) is 12.8 Å². The number of sulfonamides is 1. The van der Waals surface area contributed by atoms with E-state index < -0.39 is 27.4 Å². The van der Waals surface area contributed by atoms with Crippen molar-refractivity contribution < 1.29 is 17.9 Å². The highest BCUT2D eigenvalue weighted by atomic mass is 32.2. The smallest absolute Gasteiger partial charge is 0.243 e. The minimum absolute atomic E-state index is 0.396. The molecule has 0 aliphatic heterocycles. The van der Waals surface area contributed by atoms with Crippen LogP contribution in [0.1, 0.15) is 26.3 Å². The van der Waals surface area contributed by atoms with Crippen molar-refractivity contribution in [2.24, 2.45) is 5.41 Å². The minimum atomic E-state index is -3.49. The van der Waals surface area contributed by atoms with E-state index in [0.717, 1.165) is 11.8 Å². The fourth-order valence-corrected chi connectivity index (χ4v) is 2.85. The standard InChI is InChI=1S/C15H24N2O4S/c1-15(2,3)13(17-22(5,19)20)14(18)16-12-8-6-7-11(9-12)10-21-4/h6-9,13,17H,10H2,1-5H3,(H,16,18)/t13-/m0/s1. The molecule has 0 aliphatic rings. The summed E-state index contributed by atoms with van der Waals surface area (Å²) < 4.78 is 30.4. The topological polar surface area (TPSA) is 84.5 Å². The summed E-state index contributed by atoms with van der Waals surface area (Å²) in [6, 6.07) is 6.36. The zero-order valence-corrected chi connectivity index (χ0v) is 14.5.